The number of allylic oxidation sites excluding steroid dienone is 3. The maximum atomic E-state index is 6.04. The van der Waals surface area contributed by atoms with Crippen molar-refractivity contribution in [1.82, 2.24) is 4.98 Å². The van der Waals surface area contributed by atoms with Gasteiger partial charge in [0.2, 0.25) is 0 Å². The predicted molar refractivity (Wildman–Crippen MR) is 75.6 cm³/mol. The fourth-order valence-electron chi connectivity index (χ4n) is 2.27. The second-order valence-electron chi connectivity index (χ2n) is 4.67. The van der Waals surface area contributed by atoms with E-state index in [9.17, 15) is 0 Å². The Morgan fingerprint density at radius 2 is 2.18 bits per heavy atom. The Balaban J connectivity index is 2.70. The third-order valence-electron chi connectivity index (χ3n) is 2.99. The maximum absolute atomic E-state index is 6.04. The summed E-state index contributed by atoms with van der Waals surface area (Å²) in [7, 11) is 0. The van der Waals surface area contributed by atoms with Gasteiger partial charge in [-0.25, -0.2) is 0 Å². The molecule has 1 atom stereocenters. The monoisotopic (exact) mass is 228 g/mol. The average Bonchev–Trinajstić information content (AvgIpc) is 2.43. The van der Waals surface area contributed by atoms with Crippen LogP contribution in [0.2, 0.25) is 0 Å². The van der Waals surface area contributed by atoms with E-state index in [1.165, 1.54) is 10.8 Å². The number of fused-ring (bicyclic) bond motifs is 1. The van der Waals surface area contributed by atoms with Crippen molar-refractivity contribution in [3.63, 3.8) is 0 Å². The van der Waals surface area contributed by atoms with Gasteiger partial charge >= 0.3 is 0 Å². The van der Waals surface area contributed by atoms with Crippen LogP contribution in [-0.4, -0.2) is 4.98 Å². The Labute approximate surface area is 102 Å². The Hall–Kier alpha value is -1.70. The van der Waals surface area contributed by atoms with Crippen molar-refractivity contribution in [2.75, 3.05) is 5.73 Å². The van der Waals surface area contributed by atoms with Gasteiger partial charge in [-0.1, -0.05) is 43.7 Å². The SMILES string of the molecule is CC/C=C\c1c(N)[nH]c2c1=CC(C)=CC(C)C=2. The van der Waals surface area contributed by atoms with Gasteiger partial charge in [0.15, 0.2) is 0 Å². The maximum Gasteiger partial charge on any atom is 0.109 e. The zero-order valence-electron chi connectivity index (χ0n) is 10.7. The van der Waals surface area contributed by atoms with Crippen molar-refractivity contribution in [3.05, 3.63) is 33.9 Å². The number of nitrogens with two attached hydrogens (primary N) is 1. The van der Waals surface area contributed by atoms with Crippen LogP contribution in [-0.2, 0) is 0 Å². The van der Waals surface area contributed by atoms with Crippen molar-refractivity contribution in [3.8, 4) is 0 Å². The molecule has 17 heavy (non-hydrogen) atoms. The van der Waals surface area contributed by atoms with Gasteiger partial charge in [-0.15, -0.1) is 0 Å². The highest BCUT2D eigenvalue weighted by Crippen LogP contribution is 2.10. The number of H-pyrrole nitrogens is 1. The van der Waals surface area contributed by atoms with E-state index in [0.29, 0.717) is 5.92 Å². The van der Waals surface area contributed by atoms with Crippen LogP contribution >= 0.6 is 0 Å². The largest absolute Gasteiger partial charge is 0.385 e. The van der Waals surface area contributed by atoms with Crippen molar-refractivity contribution < 1.29 is 0 Å². The molecule has 90 valence electrons. The van der Waals surface area contributed by atoms with E-state index < -0.39 is 0 Å². The highest BCUT2D eigenvalue weighted by Gasteiger charge is 2.06. The van der Waals surface area contributed by atoms with Crippen molar-refractivity contribution >= 4 is 24.0 Å². The molecule has 1 aromatic heterocycles. The molecule has 0 spiro atoms. The lowest BCUT2D eigenvalue weighted by Gasteiger charge is -1.96. The molecule has 1 aliphatic rings. The first kappa shape index (κ1) is 11.8. The molecule has 1 unspecified atom stereocenters. The lowest BCUT2D eigenvalue weighted by molar-refractivity contribution is 0.983. The number of aromatic nitrogens is 1. The molecule has 0 amide bonds. The zero-order valence-corrected chi connectivity index (χ0v) is 10.7. The summed E-state index contributed by atoms with van der Waals surface area (Å²) in [4.78, 5) is 3.27. The van der Waals surface area contributed by atoms with E-state index in [0.717, 1.165) is 23.2 Å². The molecule has 0 radical (unpaired) electrons. The zero-order chi connectivity index (χ0) is 12.4. The fourth-order valence-corrected chi connectivity index (χ4v) is 2.27. The van der Waals surface area contributed by atoms with E-state index in [4.69, 9.17) is 5.73 Å². The highest BCUT2D eigenvalue weighted by atomic mass is 14.8. The van der Waals surface area contributed by atoms with Gasteiger partial charge in [0.05, 0.1) is 0 Å². The Bertz CT molecular complexity index is 585. The lowest BCUT2D eigenvalue weighted by Crippen LogP contribution is -2.24. The summed E-state index contributed by atoms with van der Waals surface area (Å²) < 4.78 is 0. The normalized spacial score (nSPS) is 19.2. The minimum atomic E-state index is 0.438. The minimum absolute atomic E-state index is 0.438. The summed E-state index contributed by atoms with van der Waals surface area (Å²) in [5, 5.41) is 2.35. The molecule has 3 N–H and O–H groups in total. The van der Waals surface area contributed by atoms with Gasteiger partial charge in [-0.3, -0.25) is 0 Å². The smallest absolute Gasteiger partial charge is 0.109 e. The predicted octanol–water partition coefficient (Wildman–Crippen LogP) is 2.18. The molecule has 1 aromatic rings. The van der Waals surface area contributed by atoms with Gasteiger partial charge in [0, 0.05) is 16.1 Å². The van der Waals surface area contributed by atoms with Gasteiger partial charge in [0.25, 0.3) is 0 Å². The number of nitrogen functional groups attached to an aromatic ring is 1. The van der Waals surface area contributed by atoms with Crippen molar-refractivity contribution in [2.45, 2.75) is 27.2 Å². The third-order valence-corrected chi connectivity index (χ3v) is 2.99. The van der Waals surface area contributed by atoms with E-state index in [1.54, 1.807) is 0 Å². The van der Waals surface area contributed by atoms with E-state index in [2.05, 4.69) is 56.1 Å². The topological polar surface area (TPSA) is 41.8 Å². The van der Waals surface area contributed by atoms with Gasteiger partial charge in [-0.05, 0) is 25.3 Å². The molecule has 2 heteroatoms. The quantitative estimate of drug-likeness (QED) is 0.800. The number of nitrogens with one attached hydrogen (secondary N) is 1. The summed E-state index contributed by atoms with van der Waals surface area (Å²) in [6.45, 7) is 6.45. The first-order valence-electron chi connectivity index (χ1n) is 6.17. The van der Waals surface area contributed by atoms with Crippen molar-refractivity contribution in [2.24, 2.45) is 5.92 Å². The van der Waals surface area contributed by atoms with Gasteiger partial charge in [-0.2, -0.15) is 0 Å². The first-order chi connectivity index (χ1) is 8.11. The van der Waals surface area contributed by atoms with Crippen LogP contribution in [0.4, 0.5) is 5.82 Å². The molecule has 0 bridgehead atoms. The minimum Gasteiger partial charge on any atom is -0.385 e. The average molecular weight is 228 g/mol. The Morgan fingerprint density at radius 1 is 1.41 bits per heavy atom. The Morgan fingerprint density at radius 3 is 2.88 bits per heavy atom. The Kier molecular flexibility index (Phi) is 3.23. The standard InChI is InChI=1S/C15H20N2/c1-4-5-6-12-13-8-10(2)7-11(3)9-14(13)17-15(12)16/h5-9,11,17H,4,16H2,1-3H3/b6-5-. The summed E-state index contributed by atoms with van der Waals surface area (Å²) in [6.07, 6.45) is 12.0. The lowest BCUT2D eigenvalue weighted by atomic mass is 10.1. The van der Waals surface area contributed by atoms with Crippen LogP contribution in [0.15, 0.2) is 17.7 Å². The molecule has 2 rings (SSSR count). The van der Waals surface area contributed by atoms with Crippen LogP contribution in [0.3, 0.4) is 0 Å². The molecular formula is C15H20N2. The molecule has 1 aliphatic carbocycles. The summed E-state index contributed by atoms with van der Waals surface area (Å²) >= 11 is 0. The molecule has 0 saturated carbocycles. The van der Waals surface area contributed by atoms with Crippen LogP contribution in [0, 0.1) is 5.92 Å². The van der Waals surface area contributed by atoms with Crippen LogP contribution in [0.5, 0.6) is 0 Å². The second-order valence-corrected chi connectivity index (χ2v) is 4.67. The van der Waals surface area contributed by atoms with Gasteiger partial charge in [0.1, 0.15) is 5.82 Å². The summed E-state index contributed by atoms with van der Waals surface area (Å²) in [5.74, 6) is 1.20. The first-order valence-corrected chi connectivity index (χ1v) is 6.17. The molecule has 1 heterocycles. The molecule has 0 aliphatic heterocycles. The molecule has 0 saturated heterocycles. The summed E-state index contributed by atoms with van der Waals surface area (Å²) in [5.41, 5.74) is 8.44. The molecule has 0 aromatic carbocycles. The summed E-state index contributed by atoms with van der Waals surface area (Å²) in [6, 6.07) is 0. The van der Waals surface area contributed by atoms with E-state index >= 15 is 0 Å². The van der Waals surface area contributed by atoms with Crippen molar-refractivity contribution in [1.29, 1.82) is 0 Å². The molecule has 0 fully saturated rings. The van der Waals surface area contributed by atoms with Crippen LogP contribution in [0.25, 0.3) is 18.2 Å². The molecule has 2 nitrogen and oxygen atoms in total. The van der Waals surface area contributed by atoms with Gasteiger partial charge < -0.3 is 10.7 Å². The third kappa shape index (κ3) is 2.36. The van der Waals surface area contributed by atoms with Crippen LogP contribution < -0.4 is 16.3 Å². The number of hydrogen-bond acceptors (Lipinski definition) is 1. The fraction of sp³-hybridized carbons (Fsp3) is 0.333. The number of hydrogen-bond donors (Lipinski definition) is 2. The number of aromatic amines is 1. The van der Waals surface area contributed by atoms with Crippen LogP contribution in [0.1, 0.15) is 32.8 Å². The second kappa shape index (κ2) is 4.66. The highest BCUT2D eigenvalue weighted by molar-refractivity contribution is 5.67. The van der Waals surface area contributed by atoms with E-state index in [1.807, 2.05) is 0 Å². The van der Waals surface area contributed by atoms with E-state index in [-0.39, 0.29) is 0 Å². The number of rotatable bonds is 2. The molecular weight excluding hydrogens is 208 g/mol. The number of anilines is 1.